The molecule has 0 atom stereocenters. The minimum atomic E-state index is -3.58. The van der Waals surface area contributed by atoms with Crippen LogP contribution in [0.1, 0.15) is 191 Å². The van der Waals surface area contributed by atoms with Gasteiger partial charge in [0.25, 0.3) is 5.91 Å². The number of aromatic nitrogens is 6. The van der Waals surface area contributed by atoms with Crippen molar-refractivity contribution >= 4 is 196 Å². The number of alkyl carbamates (subject to hydrolysis) is 2. The van der Waals surface area contributed by atoms with Crippen LogP contribution in [0.4, 0.5) is 61.3 Å². The number of nitrogens with zero attached hydrogens (tertiary/aromatic N) is 11. The van der Waals surface area contributed by atoms with Gasteiger partial charge in [0.1, 0.15) is 34.1 Å². The van der Waals surface area contributed by atoms with Gasteiger partial charge < -0.3 is 80.6 Å². The molecule has 142 heavy (non-hydrogen) atoms. The molecule has 3 amide bonds. The summed E-state index contributed by atoms with van der Waals surface area (Å²) in [5, 5.41) is 34.3. The number of fused-ring (bicyclic) bond motifs is 3. The normalized spacial score (nSPS) is 14.6. The number of amides is 3. The second-order valence-electron chi connectivity index (χ2n) is 38.4. The van der Waals surface area contributed by atoms with Crippen molar-refractivity contribution in [3.8, 4) is 5.40 Å². The number of piperidine rings is 4. The number of anilines is 6. The van der Waals surface area contributed by atoms with Gasteiger partial charge in [-0.25, -0.2) is 29.3 Å². The molecule has 4 saturated heterocycles. The summed E-state index contributed by atoms with van der Waals surface area (Å²) in [7, 11) is 7.92. The number of rotatable bonds is 21. The predicted molar refractivity (Wildman–Crippen MR) is 573 cm³/mol. The van der Waals surface area contributed by atoms with Gasteiger partial charge >= 0.3 is 57.9 Å². The second-order valence-corrected chi connectivity index (χ2v) is 42.5. The van der Waals surface area contributed by atoms with E-state index in [1.165, 1.54) is 38.5 Å². The maximum absolute atomic E-state index is 13.1. The Morgan fingerprint density at radius 1 is 0.472 bits per heavy atom. The van der Waals surface area contributed by atoms with Crippen molar-refractivity contribution in [2.24, 2.45) is 50.5 Å². The van der Waals surface area contributed by atoms with Crippen LogP contribution < -0.4 is 74.7 Å². The Bertz CT molecular complexity index is 6240. The predicted octanol–water partition coefficient (Wildman–Crippen LogP) is 22.6. The Morgan fingerprint density at radius 2 is 0.761 bits per heavy atom. The van der Waals surface area contributed by atoms with Crippen molar-refractivity contribution < 1.29 is 73.7 Å². The fraction of sp³-hybridized carbons (Fsp3) is 0.462. The number of aryl methyl sites for hydroxylation is 3. The Kier molecular flexibility index (Phi) is 42.8. The molecular weight excluding hydrogens is 2120 g/mol. The van der Waals surface area contributed by atoms with E-state index in [4.69, 9.17) is 140 Å². The van der Waals surface area contributed by atoms with E-state index in [2.05, 4.69) is 109 Å². The average Bonchev–Trinajstić information content (AvgIpc) is 1.64. The molecule has 11 aromatic rings. The van der Waals surface area contributed by atoms with Gasteiger partial charge in [-0.15, -0.1) is 0 Å². The van der Waals surface area contributed by atoms with Gasteiger partial charge in [0.05, 0.1) is 92.3 Å². The molecule has 4 fully saturated rings. The number of imidazole rings is 3. The van der Waals surface area contributed by atoms with Crippen LogP contribution in [0.2, 0.25) is 40.2 Å². The summed E-state index contributed by atoms with van der Waals surface area (Å²) in [6, 6.07) is 38.4. The molecule has 4 aliphatic heterocycles. The van der Waals surface area contributed by atoms with E-state index >= 15 is 0 Å². The fourth-order valence-corrected chi connectivity index (χ4v) is 18.6. The van der Waals surface area contributed by atoms with Crippen LogP contribution in [0.5, 0.6) is 0 Å². The van der Waals surface area contributed by atoms with Gasteiger partial charge in [-0.2, -0.15) is 22.8 Å². The Morgan fingerprint density at radius 3 is 1.06 bits per heavy atom. The first-order valence-corrected chi connectivity index (χ1v) is 53.0. The summed E-state index contributed by atoms with van der Waals surface area (Å²) < 4.78 is 71.8. The molecule has 24 nitrogen and oxygen atoms in total. The number of alkyl halides is 5. The van der Waals surface area contributed by atoms with E-state index in [1.54, 1.807) is 51.1 Å². The summed E-state index contributed by atoms with van der Waals surface area (Å²) in [6.07, 6.45) is 10.3. The molecule has 15 rings (SSSR count). The van der Waals surface area contributed by atoms with E-state index in [-0.39, 0.29) is 28.9 Å². The van der Waals surface area contributed by atoms with E-state index in [0.717, 1.165) is 233 Å². The van der Waals surface area contributed by atoms with Gasteiger partial charge in [0.15, 0.2) is 0 Å². The topological polar surface area (TPSA) is 297 Å². The molecule has 7 heterocycles. The van der Waals surface area contributed by atoms with Crippen LogP contribution in [0.3, 0.4) is 0 Å². The number of aliphatic carboxylic acids is 1. The summed E-state index contributed by atoms with van der Waals surface area (Å²) in [4.78, 5) is 70.8. The Hall–Kier alpha value is -8.98. The number of hydrogen-bond donors (Lipinski definition) is 7. The zero-order valence-electron chi connectivity index (χ0n) is 84.4. The van der Waals surface area contributed by atoms with E-state index in [9.17, 15) is 36.7 Å². The molecule has 3 aromatic heterocycles. The molecule has 772 valence electrons. The zero-order chi connectivity index (χ0) is 105. The average molecular weight is 2250 g/mol. The molecule has 9 N–H and O–H groups in total. The zero-order valence-corrected chi connectivity index (χ0v) is 92.4. The molecule has 38 heteroatoms. The fourth-order valence-electron chi connectivity index (χ4n) is 16.2. The van der Waals surface area contributed by atoms with Gasteiger partial charge in [0.2, 0.25) is 0 Å². The molecule has 0 bridgehead atoms. The first-order chi connectivity index (χ1) is 67.3. The number of halogens is 13. The van der Waals surface area contributed by atoms with E-state index in [1.807, 2.05) is 124 Å². The number of carbonyl (C=O) groups is 4. The summed E-state index contributed by atoms with van der Waals surface area (Å²) >= 11 is 52.4. The third-order valence-electron chi connectivity index (χ3n) is 24.7. The molecular formula is C104H131Cl8F4IN17O7S-. The van der Waals surface area contributed by atoms with Gasteiger partial charge in [-0.3, -0.25) is 4.79 Å². The van der Waals surface area contributed by atoms with Crippen molar-refractivity contribution in [3.05, 3.63) is 218 Å². The van der Waals surface area contributed by atoms with Gasteiger partial charge in [0, 0.05) is 160 Å². The number of nitrogens with two attached hydrogens (primary N) is 2. The number of nitriles is 1. The number of nitrogen functional groups attached to an aromatic ring is 1. The molecule has 0 radical (unpaired) electrons. The quantitative estimate of drug-likeness (QED) is 0.00878. The number of carboxylic acid groups (broad SMARTS) is 1. The number of carboxylic acids is 1. The van der Waals surface area contributed by atoms with Crippen LogP contribution >= 0.6 is 105 Å². The van der Waals surface area contributed by atoms with Crippen molar-refractivity contribution in [1.29, 1.82) is 5.86 Å². The van der Waals surface area contributed by atoms with Crippen LogP contribution in [-0.2, 0) is 85.6 Å². The maximum atomic E-state index is 13.1. The number of thiocyanates is 1. The van der Waals surface area contributed by atoms with Crippen LogP contribution in [0.25, 0.3) is 33.1 Å². The molecule has 0 aliphatic carbocycles. The van der Waals surface area contributed by atoms with Gasteiger partial charge in [-0.1, -0.05) is 163 Å². The standard InChI is InChI=1S/C27H34Cl2N4O2.C25H28Cl2F2N4O.C22H26Cl2N4.C13H20ClN3.C13H15ClN2O2S.C3H4F2O2.CH4I/c1-17-8-10-33(11-9-17)23-15-24-22(14-21(23)29)31-25(32(24)5)13-19-12-18(6-7-20(19)28)16-30-26(34)35-27(2,3)4;1-15-6-8-33(9-7-15)21-13-22-20(12-19(21)27)31-23(32(22)3)11-17-10-16(4-5-18(17)26)14-30-24(34)25(2,28)29;1-14-5-7-28(8-6-14)20-12-21-19(11-18(20)24)26-22(27(21)2)10-16-9-15(13-25)3-4-17(16)23;1-9-3-5-17(6-4-9)13-8-12(16-2)11(15)7-10(13)14;1-13(2,3)18-12(17)16-7-9-4-5-10(14)11(6-9)19-8-15;1-3(4,5)2(6)7;1-2/h6-7,12,14-15,17H,8-11,13,16H2,1-5H3,(H,30,34);4-5,10,12-13,15H,6-9,11,14H2,1-3H3,(H,30,34);3-4,9,11-12,14H,5-8,10,13,25H2,1-2H3;7-9,16H,3-6,15H2,1-2H3;4-6H,7H2,1-3H3,(H,16,17);1H3,(H,6,7);2H,1H3/q;;;;;;-1/i;;;;;;2D. The molecule has 0 spiro atoms. The number of benzene rings is 8. The Labute approximate surface area is 889 Å². The number of ether oxygens (including phenoxy) is 2. The number of hydrogen-bond acceptors (Lipinski definition) is 18. The van der Waals surface area contributed by atoms with Crippen LogP contribution in [0.15, 0.2) is 126 Å². The molecule has 8 aromatic carbocycles. The summed E-state index contributed by atoms with van der Waals surface area (Å²) in [5.41, 5.74) is 28.6. The van der Waals surface area contributed by atoms with E-state index < -0.39 is 47.1 Å². The molecule has 0 saturated carbocycles. The Balaban J connectivity index is 0.000000199. The number of nitrogens with one attached hydrogen (secondary N) is 4. The first kappa shape index (κ1) is 115. The van der Waals surface area contributed by atoms with Crippen molar-refractivity contribution in [3.63, 3.8) is 0 Å². The van der Waals surface area contributed by atoms with Crippen LogP contribution in [-0.4, -0.2) is 146 Å². The molecule has 4 aliphatic rings. The molecule has 0 unspecified atom stereocenters. The third kappa shape index (κ3) is 34.1. The SMILES string of the molecule is CC(C)(C)OC(=O)NCc1ccc(Cl)c(SC#N)c1.CC(F)(F)C(=O)O.CC1CCN(c2cc3c(cc2Cl)nc(Cc2cc(CN)ccc2Cl)n3C)CC1.CC1CCN(c2cc3c(cc2Cl)nc(Cc2cc(CNC(=O)C(C)(F)F)ccc2Cl)n3C)CC1.CC1CCN(c2cc3c(cc2Cl)nc(Cc2cc(CNC(=O)OC(C)(C)C)ccc2Cl)n3C)CC1.CNc1cc(N2CCC(C)CC2)c(Cl)cc1N.[2H][I-]C. The van der Waals surface area contributed by atoms with Crippen molar-refractivity contribution in [1.82, 2.24) is 44.6 Å². The first-order valence-electron chi connectivity index (χ1n) is 47.4. The third-order valence-corrected chi connectivity index (χ3v) is 28.1. The van der Waals surface area contributed by atoms with Crippen molar-refractivity contribution in [2.45, 2.75) is 208 Å². The second kappa shape index (κ2) is 52.9. The summed E-state index contributed by atoms with van der Waals surface area (Å²) in [6.45, 7) is 30.5. The van der Waals surface area contributed by atoms with E-state index in [0.29, 0.717) is 89.0 Å². The van der Waals surface area contributed by atoms with Crippen molar-refractivity contribution in [2.75, 3.05) is 95.0 Å². The van der Waals surface area contributed by atoms with Crippen LogP contribution in [0, 0.1) is 34.3 Å². The minimum absolute atomic E-state index is 0.0115. The van der Waals surface area contributed by atoms with Gasteiger partial charge in [-0.05, 0) is 246 Å². The number of thioether (sulfide) groups is 1. The number of carbonyl (C=O) groups excluding carboxylic acids is 3. The summed E-state index contributed by atoms with van der Waals surface area (Å²) in [5.74, 6) is -4.63. The monoisotopic (exact) mass is 2250 g/mol.